The van der Waals surface area contributed by atoms with E-state index in [2.05, 4.69) is 6.07 Å². The largest absolute Gasteiger partial charge is 0.469 e. The number of carbonyl (C=O) groups excluding carboxylic acids is 2. The number of benzene rings is 1. The lowest BCUT2D eigenvalue weighted by Crippen LogP contribution is -2.46. The molecule has 0 atom stereocenters. The Kier molecular flexibility index (Phi) is 6.90. The summed E-state index contributed by atoms with van der Waals surface area (Å²) in [6, 6.07) is 10.4. The highest BCUT2D eigenvalue weighted by Crippen LogP contribution is 2.38. The maximum atomic E-state index is 12.4. The van der Waals surface area contributed by atoms with Crippen LogP contribution in [0, 0.1) is 17.2 Å². The molecule has 31 heavy (non-hydrogen) atoms. The van der Waals surface area contributed by atoms with Crippen molar-refractivity contribution in [3.8, 4) is 6.07 Å². The van der Waals surface area contributed by atoms with E-state index in [1.54, 1.807) is 4.90 Å². The molecule has 1 amide bonds. The van der Waals surface area contributed by atoms with Gasteiger partial charge in [0.1, 0.15) is 5.60 Å². The molecule has 1 aromatic rings. The molecule has 0 radical (unpaired) electrons. The number of ether oxygens (including phenoxy) is 3. The van der Waals surface area contributed by atoms with Gasteiger partial charge in [-0.05, 0) is 57.6 Å². The summed E-state index contributed by atoms with van der Waals surface area (Å²) in [5.41, 5.74) is 0.743. The number of likely N-dealkylation sites (tertiary alicyclic amines) is 1. The lowest BCUT2D eigenvalue weighted by atomic mass is 9.72. The van der Waals surface area contributed by atoms with Crippen LogP contribution in [-0.2, 0) is 31.0 Å². The molecule has 0 spiro atoms. The molecular weight excluding hydrogens is 396 g/mol. The third-order valence-corrected chi connectivity index (χ3v) is 6.12. The van der Waals surface area contributed by atoms with Crippen molar-refractivity contribution in [3.05, 3.63) is 35.4 Å². The van der Waals surface area contributed by atoms with Crippen LogP contribution in [0.1, 0.15) is 57.6 Å². The van der Waals surface area contributed by atoms with Crippen LogP contribution in [0.25, 0.3) is 0 Å². The van der Waals surface area contributed by atoms with Crippen molar-refractivity contribution in [2.45, 2.75) is 70.2 Å². The summed E-state index contributed by atoms with van der Waals surface area (Å²) in [5.74, 6) is -0.256. The van der Waals surface area contributed by atoms with E-state index in [4.69, 9.17) is 14.2 Å². The fourth-order valence-corrected chi connectivity index (χ4v) is 4.22. The molecule has 7 nitrogen and oxygen atoms in total. The molecule has 0 unspecified atom stereocenters. The molecule has 2 aliphatic rings. The second-order valence-electron chi connectivity index (χ2n) is 9.44. The van der Waals surface area contributed by atoms with Crippen LogP contribution in [0.2, 0.25) is 0 Å². The number of piperidine rings is 1. The third kappa shape index (κ3) is 5.37. The smallest absolute Gasteiger partial charge is 0.410 e. The molecule has 0 aromatic heterocycles. The Labute approximate surface area is 184 Å². The van der Waals surface area contributed by atoms with Gasteiger partial charge in [0.2, 0.25) is 0 Å². The zero-order valence-electron chi connectivity index (χ0n) is 18.8. The third-order valence-electron chi connectivity index (χ3n) is 6.12. The fourth-order valence-electron chi connectivity index (χ4n) is 4.22. The number of nitriles is 1. The second-order valence-corrected chi connectivity index (χ2v) is 9.44. The highest BCUT2D eigenvalue weighted by molar-refractivity contribution is 5.73. The van der Waals surface area contributed by atoms with E-state index < -0.39 is 11.0 Å². The van der Waals surface area contributed by atoms with Crippen molar-refractivity contribution >= 4 is 12.1 Å². The molecule has 7 heteroatoms. The van der Waals surface area contributed by atoms with Crippen molar-refractivity contribution in [2.24, 2.45) is 5.92 Å². The SMILES string of the molecule is COC(=O)C1CC(OCc2ccccc2C2(C#N)CCN(C(=O)OC(C)(C)C)CC2)C1. The Morgan fingerprint density at radius 1 is 1.19 bits per heavy atom. The van der Waals surface area contributed by atoms with Crippen molar-refractivity contribution in [2.75, 3.05) is 20.2 Å². The molecule has 1 saturated heterocycles. The maximum Gasteiger partial charge on any atom is 0.410 e. The first-order chi connectivity index (χ1) is 14.7. The van der Waals surface area contributed by atoms with Crippen molar-refractivity contribution in [3.63, 3.8) is 0 Å². The van der Waals surface area contributed by atoms with E-state index in [0.717, 1.165) is 11.1 Å². The van der Waals surface area contributed by atoms with E-state index in [1.165, 1.54) is 7.11 Å². The first-order valence-corrected chi connectivity index (χ1v) is 10.8. The number of hydrogen-bond donors (Lipinski definition) is 0. The van der Waals surface area contributed by atoms with Crippen LogP contribution < -0.4 is 0 Å². The van der Waals surface area contributed by atoms with Gasteiger partial charge in [-0.1, -0.05) is 24.3 Å². The molecule has 1 aliphatic carbocycles. The summed E-state index contributed by atoms with van der Waals surface area (Å²) in [4.78, 5) is 25.6. The minimum Gasteiger partial charge on any atom is -0.469 e. The van der Waals surface area contributed by atoms with Gasteiger partial charge >= 0.3 is 12.1 Å². The first kappa shape index (κ1) is 23.1. The monoisotopic (exact) mass is 428 g/mol. The molecule has 0 bridgehead atoms. The predicted molar refractivity (Wildman–Crippen MR) is 114 cm³/mol. The van der Waals surface area contributed by atoms with Crippen molar-refractivity contribution in [1.29, 1.82) is 5.26 Å². The number of methoxy groups -OCH3 is 1. The Hall–Kier alpha value is -2.59. The van der Waals surface area contributed by atoms with E-state index in [0.29, 0.717) is 45.4 Å². The molecule has 2 fully saturated rings. The van der Waals surface area contributed by atoms with E-state index >= 15 is 0 Å². The highest BCUT2D eigenvalue weighted by atomic mass is 16.6. The number of amides is 1. The Balaban J connectivity index is 1.63. The topological polar surface area (TPSA) is 88.9 Å². The van der Waals surface area contributed by atoms with Gasteiger partial charge in [-0.2, -0.15) is 5.26 Å². The summed E-state index contributed by atoms with van der Waals surface area (Å²) in [6.07, 6.45) is 2.14. The highest BCUT2D eigenvalue weighted by Gasteiger charge is 2.40. The Bertz CT molecular complexity index is 840. The van der Waals surface area contributed by atoms with Gasteiger partial charge in [-0.3, -0.25) is 4.79 Å². The molecular formula is C24H32N2O5. The van der Waals surface area contributed by atoms with Gasteiger partial charge in [-0.25, -0.2) is 4.79 Å². The molecule has 168 valence electrons. The molecule has 1 saturated carbocycles. The minimum absolute atomic E-state index is 0.0317. The average molecular weight is 429 g/mol. The summed E-state index contributed by atoms with van der Waals surface area (Å²) in [6.45, 7) is 6.89. The molecule has 1 aromatic carbocycles. The van der Waals surface area contributed by atoms with E-state index in [-0.39, 0.29) is 24.1 Å². The number of rotatable bonds is 5. The molecule has 3 rings (SSSR count). The van der Waals surface area contributed by atoms with Crippen LogP contribution in [0.4, 0.5) is 4.79 Å². The quantitative estimate of drug-likeness (QED) is 0.660. The standard InChI is InChI=1S/C24H32N2O5/c1-23(2,3)31-22(28)26-11-9-24(16-25,10-12-26)20-8-6-5-7-17(20)15-30-19-13-18(14-19)21(27)29-4/h5-8,18-19H,9-15H2,1-4H3. The zero-order valence-corrected chi connectivity index (χ0v) is 18.8. The second kappa shape index (κ2) is 9.27. The lowest BCUT2D eigenvalue weighted by Gasteiger charge is -2.39. The number of hydrogen-bond acceptors (Lipinski definition) is 6. The number of nitrogens with zero attached hydrogens (tertiary/aromatic N) is 2. The fraction of sp³-hybridized carbons (Fsp3) is 0.625. The maximum absolute atomic E-state index is 12.4. The summed E-state index contributed by atoms with van der Waals surface area (Å²) in [5, 5.41) is 10.1. The average Bonchev–Trinajstić information content (AvgIpc) is 2.71. The van der Waals surface area contributed by atoms with Crippen LogP contribution in [0.3, 0.4) is 0 Å². The van der Waals surface area contributed by atoms with Gasteiger partial charge in [-0.15, -0.1) is 0 Å². The summed E-state index contributed by atoms with van der Waals surface area (Å²) < 4.78 is 16.3. The lowest BCUT2D eigenvalue weighted by molar-refractivity contribution is -0.155. The number of esters is 1. The minimum atomic E-state index is -0.660. The van der Waals surface area contributed by atoms with Crippen molar-refractivity contribution < 1.29 is 23.8 Å². The Morgan fingerprint density at radius 2 is 1.84 bits per heavy atom. The Morgan fingerprint density at radius 3 is 2.42 bits per heavy atom. The summed E-state index contributed by atoms with van der Waals surface area (Å²) >= 11 is 0. The van der Waals surface area contributed by atoms with Crippen LogP contribution in [0.15, 0.2) is 24.3 Å². The van der Waals surface area contributed by atoms with Gasteiger partial charge in [0, 0.05) is 13.1 Å². The molecule has 1 heterocycles. The van der Waals surface area contributed by atoms with Gasteiger partial charge in [0.05, 0.1) is 37.2 Å². The molecule has 1 aliphatic heterocycles. The van der Waals surface area contributed by atoms with E-state index in [9.17, 15) is 14.9 Å². The predicted octanol–water partition coefficient (Wildman–Crippen LogP) is 3.95. The van der Waals surface area contributed by atoms with E-state index in [1.807, 2.05) is 45.0 Å². The van der Waals surface area contributed by atoms with Gasteiger partial charge < -0.3 is 19.1 Å². The van der Waals surface area contributed by atoms with Crippen LogP contribution >= 0.6 is 0 Å². The summed E-state index contributed by atoms with van der Waals surface area (Å²) in [7, 11) is 1.40. The zero-order chi connectivity index (χ0) is 22.6. The van der Waals surface area contributed by atoms with Gasteiger partial charge in [0.15, 0.2) is 0 Å². The first-order valence-electron chi connectivity index (χ1n) is 10.8. The molecule has 0 N–H and O–H groups in total. The number of carbonyl (C=O) groups is 2. The van der Waals surface area contributed by atoms with Crippen LogP contribution in [-0.4, -0.2) is 48.9 Å². The van der Waals surface area contributed by atoms with Gasteiger partial charge in [0.25, 0.3) is 0 Å². The normalized spacial score (nSPS) is 22.7. The van der Waals surface area contributed by atoms with Crippen molar-refractivity contribution in [1.82, 2.24) is 4.90 Å². The van der Waals surface area contributed by atoms with Crippen LogP contribution in [0.5, 0.6) is 0 Å².